The van der Waals surface area contributed by atoms with Crippen LogP contribution in [0.4, 0.5) is 5.69 Å². The lowest BCUT2D eigenvalue weighted by Crippen LogP contribution is -2.15. The van der Waals surface area contributed by atoms with Crippen molar-refractivity contribution in [1.82, 2.24) is 0 Å². The number of carbonyl (C=O) groups is 2. The largest absolute Gasteiger partial charge is 0.490 e. The summed E-state index contributed by atoms with van der Waals surface area (Å²) in [6.07, 6.45) is 1.82. The third-order valence-electron chi connectivity index (χ3n) is 3.99. The molecule has 7 heteroatoms. The lowest BCUT2D eigenvalue weighted by atomic mass is 10.0. The Morgan fingerprint density at radius 1 is 1.14 bits per heavy atom. The number of amides is 1. The number of nitrogens with one attached hydrogen (secondary N) is 1. The molecular weight excluding hydrogens is 473 g/mol. The number of esters is 1. The molecular formula is C21H20INO5. The highest BCUT2D eigenvalue weighted by Crippen LogP contribution is 2.37. The van der Waals surface area contributed by atoms with E-state index in [0.29, 0.717) is 30.3 Å². The number of anilines is 1. The van der Waals surface area contributed by atoms with E-state index in [1.807, 2.05) is 43.3 Å². The molecule has 0 saturated carbocycles. The molecule has 0 bridgehead atoms. The first-order chi connectivity index (χ1) is 13.5. The van der Waals surface area contributed by atoms with Gasteiger partial charge < -0.3 is 19.5 Å². The molecule has 0 aliphatic carbocycles. The summed E-state index contributed by atoms with van der Waals surface area (Å²) in [6, 6.07) is 11.2. The van der Waals surface area contributed by atoms with Crippen LogP contribution in [0.3, 0.4) is 0 Å². The zero-order chi connectivity index (χ0) is 20.1. The number of ether oxygens (including phenoxy) is 3. The quantitative estimate of drug-likeness (QED) is 0.357. The van der Waals surface area contributed by atoms with Crippen LogP contribution >= 0.6 is 22.6 Å². The minimum atomic E-state index is -0.439. The second-order valence-corrected chi connectivity index (χ2v) is 7.08. The SMILES string of the molecule is CCOC(=O)COc1c(I)cc(/C=C2/C(=O)Nc3ccccc32)cc1OCC. The van der Waals surface area contributed by atoms with E-state index in [4.69, 9.17) is 14.2 Å². The molecule has 0 unspecified atom stereocenters. The highest BCUT2D eigenvalue weighted by molar-refractivity contribution is 14.1. The Morgan fingerprint density at radius 2 is 1.93 bits per heavy atom. The normalized spacial score (nSPS) is 13.8. The molecule has 0 aromatic heterocycles. The predicted molar refractivity (Wildman–Crippen MR) is 115 cm³/mol. The highest BCUT2D eigenvalue weighted by atomic mass is 127. The second-order valence-electron chi connectivity index (χ2n) is 5.91. The molecule has 1 amide bonds. The van der Waals surface area contributed by atoms with Gasteiger partial charge in [0.1, 0.15) is 0 Å². The average Bonchev–Trinajstić information content (AvgIpc) is 2.97. The van der Waals surface area contributed by atoms with Crippen LogP contribution in [0.15, 0.2) is 36.4 Å². The van der Waals surface area contributed by atoms with Gasteiger partial charge in [-0.2, -0.15) is 0 Å². The monoisotopic (exact) mass is 493 g/mol. The van der Waals surface area contributed by atoms with Crippen molar-refractivity contribution in [1.29, 1.82) is 0 Å². The van der Waals surface area contributed by atoms with Crippen LogP contribution < -0.4 is 14.8 Å². The molecule has 1 N–H and O–H groups in total. The molecule has 2 aromatic carbocycles. The Kier molecular flexibility index (Phi) is 6.56. The summed E-state index contributed by atoms with van der Waals surface area (Å²) >= 11 is 2.12. The Morgan fingerprint density at radius 3 is 2.68 bits per heavy atom. The predicted octanol–water partition coefficient (Wildman–Crippen LogP) is 4.12. The van der Waals surface area contributed by atoms with E-state index in [2.05, 4.69) is 27.9 Å². The van der Waals surface area contributed by atoms with Gasteiger partial charge >= 0.3 is 5.97 Å². The Balaban J connectivity index is 1.93. The molecule has 6 nitrogen and oxygen atoms in total. The maximum absolute atomic E-state index is 12.3. The van der Waals surface area contributed by atoms with Crippen molar-refractivity contribution < 1.29 is 23.8 Å². The van der Waals surface area contributed by atoms with Gasteiger partial charge in [0.05, 0.1) is 16.8 Å². The Hall–Kier alpha value is -2.55. The molecule has 0 atom stereocenters. The van der Waals surface area contributed by atoms with Gasteiger partial charge in [0, 0.05) is 16.8 Å². The van der Waals surface area contributed by atoms with Crippen LogP contribution in [0.1, 0.15) is 25.0 Å². The number of hydrogen-bond acceptors (Lipinski definition) is 5. The smallest absolute Gasteiger partial charge is 0.344 e. The maximum atomic E-state index is 12.3. The van der Waals surface area contributed by atoms with Crippen LogP contribution in [0.5, 0.6) is 11.5 Å². The van der Waals surface area contributed by atoms with Crippen LogP contribution in [0.2, 0.25) is 0 Å². The van der Waals surface area contributed by atoms with E-state index >= 15 is 0 Å². The zero-order valence-corrected chi connectivity index (χ0v) is 17.7. The summed E-state index contributed by atoms with van der Waals surface area (Å²) in [5, 5.41) is 2.86. The molecule has 2 aromatic rings. The summed E-state index contributed by atoms with van der Waals surface area (Å²) in [5.74, 6) is 0.411. The Bertz CT molecular complexity index is 938. The zero-order valence-electron chi connectivity index (χ0n) is 15.6. The number of para-hydroxylation sites is 1. The van der Waals surface area contributed by atoms with Crippen LogP contribution in [0, 0.1) is 3.57 Å². The molecule has 28 heavy (non-hydrogen) atoms. The summed E-state index contributed by atoms with van der Waals surface area (Å²) in [7, 11) is 0. The molecule has 1 heterocycles. The van der Waals surface area contributed by atoms with Crippen molar-refractivity contribution in [3.8, 4) is 11.5 Å². The van der Waals surface area contributed by atoms with E-state index in [9.17, 15) is 9.59 Å². The van der Waals surface area contributed by atoms with Crippen molar-refractivity contribution >= 4 is 51.8 Å². The Labute approximate surface area is 177 Å². The van der Waals surface area contributed by atoms with Gasteiger partial charge in [-0.15, -0.1) is 0 Å². The number of rotatable bonds is 7. The fraction of sp³-hybridized carbons (Fsp3) is 0.238. The number of halogens is 1. The fourth-order valence-corrected chi connectivity index (χ4v) is 3.64. The van der Waals surface area contributed by atoms with Crippen molar-refractivity contribution in [3.05, 3.63) is 51.1 Å². The summed E-state index contributed by atoms with van der Waals surface area (Å²) < 4.78 is 17.0. The van der Waals surface area contributed by atoms with Gasteiger partial charge in [-0.1, -0.05) is 18.2 Å². The van der Waals surface area contributed by atoms with E-state index in [0.717, 1.165) is 20.4 Å². The van der Waals surface area contributed by atoms with Crippen LogP contribution in [0.25, 0.3) is 11.6 Å². The summed E-state index contributed by atoms with van der Waals surface area (Å²) in [5.41, 5.74) is 3.06. The van der Waals surface area contributed by atoms with E-state index in [-0.39, 0.29) is 12.5 Å². The summed E-state index contributed by atoms with van der Waals surface area (Å²) in [6.45, 7) is 4.16. The number of benzene rings is 2. The molecule has 146 valence electrons. The first-order valence-corrected chi connectivity index (χ1v) is 9.98. The van der Waals surface area contributed by atoms with Crippen molar-refractivity contribution in [2.45, 2.75) is 13.8 Å². The lowest BCUT2D eigenvalue weighted by Gasteiger charge is -2.14. The highest BCUT2D eigenvalue weighted by Gasteiger charge is 2.24. The van der Waals surface area contributed by atoms with E-state index in [1.165, 1.54) is 0 Å². The van der Waals surface area contributed by atoms with Gasteiger partial charge in [-0.25, -0.2) is 4.79 Å². The molecule has 0 radical (unpaired) electrons. The van der Waals surface area contributed by atoms with E-state index < -0.39 is 5.97 Å². The number of carbonyl (C=O) groups excluding carboxylic acids is 2. The van der Waals surface area contributed by atoms with Crippen LogP contribution in [-0.2, 0) is 14.3 Å². The van der Waals surface area contributed by atoms with Crippen molar-refractivity contribution in [2.24, 2.45) is 0 Å². The molecule has 1 aliphatic heterocycles. The lowest BCUT2D eigenvalue weighted by molar-refractivity contribution is -0.145. The molecule has 3 rings (SSSR count). The van der Waals surface area contributed by atoms with Gasteiger partial charge in [-0.05, 0) is 66.3 Å². The third kappa shape index (κ3) is 4.46. The van der Waals surface area contributed by atoms with Gasteiger partial charge in [0.15, 0.2) is 18.1 Å². The molecule has 1 aliphatic rings. The number of hydrogen-bond donors (Lipinski definition) is 1. The molecule has 0 spiro atoms. The van der Waals surface area contributed by atoms with Gasteiger partial charge in [0.2, 0.25) is 0 Å². The first kappa shape index (κ1) is 20.2. The number of fused-ring (bicyclic) bond motifs is 1. The fourth-order valence-electron chi connectivity index (χ4n) is 2.86. The molecule has 0 saturated heterocycles. The summed E-state index contributed by atoms with van der Waals surface area (Å²) in [4.78, 5) is 24.0. The third-order valence-corrected chi connectivity index (χ3v) is 4.79. The second kappa shape index (κ2) is 9.09. The van der Waals surface area contributed by atoms with Crippen molar-refractivity contribution in [2.75, 3.05) is 25.1 Å². The topological polar surface area (TPSA) is 73.9 Å². The standard InChI is InChI=1S/C21H20INO5/c1-3-26-18-11-13(10-16(22)20(18)28-12-19(24)27-4-2)9-15-14-7-5-6-8-17(14)23-21(15)25/h5-11H,3-4,12H2,1-2H3,(H,23,25)/b15-9+. The maximum Gasteiger partial charge on any atom is 0.344 e. The van der Waals surface area contributed by atoms with Crippen LogP contribution in [-0.4, -0.2) is 31.7 Å². The minimum absolute atomic E-state index is 0.142. The van der Waals surface area contributed by atoms with Crippen molar-refractivity contribution in [3.63, 3.8) is 0 Å². The first-order valence-electron chi connectivity index (χ1n) is 8.90. The van der Waals surface area contributed by atoms with Gasteiger partial charge in [0.25, 0.3) is 5.91 Å². The molecule has 0 fully saturated rings. The average molecular weight is 493 g/mol. The van der Waals surface area contributed by atoms with Gasteiger partial charge in [-0.3, -0.25) is 4.79 Å². The van der Waals surface area contributed by atoms with E-state index in [1.54, 1.807) is 13.0 Å². The minimum Gasteiger partial charge on any atom is -0.490 e.